The summed E-state index contributed by atoms with van der Waals surface area (Å²) in [6.07, 6.45) is 1.87. The Labute approximate surface area is 170 Å². The summed E-state index contributed by atoms with van der Waals surface area (Å²) >= 11 is 0. The van der Waals surface area contributed by atoms with Crippen LogP contribution in [-0.4, -0.2) is 4.98 Å². The van der Waals surface area contributed by atoms with Gasteiger partial charge < -0.3 is 4.42 Å². The van der Waals surface area contributed by atoms with E-state index in [-0.39, 0.29) is 5.41 Å². The molecule has 0 bridgehead atoms. The van der Waals surface area contributed by atoms with E-state index in [2.05, 4.69) is 75.4 Å². The molecule has 29 heavy (non-hydrogen) atoms. The van der Waals surface area contributed by atoms with Crippen LogP contribution in [0.15, 0.2) is 89.5 Å². The highest BCUT2D eigenvalue weighted by molar-refractivity contribution is 5.97. The van der Waals surface area contributed by atoms with Crippen LogP contribution in [0.25, 0.3) is 44.3 Å². The summed E-state index contributed by atoms with van der Waals surface area (Å²) in [4.78, 5) is 4.72. The Morgan fingerprint density at radius 1 is 0.724 bits per heavy atom. The molecule has 2 heterocycles. The smallest absolute Gasteiger partial charge is 0.161 e. The maximum absolute atomic E-state index is 6.31. The fraction of sp³-hybridized carbons (Fsp3) is 0.148. The van der Waals surface area contributed by atoms with Gasteiger partial charge in [0.25, 0.3) is 0 Å². The minimum Gasteiger partial charge on any atom is -0.454 e. The molecule has 5 rings (SSSR count). The molecule has 0 aliphatic heterocycles. The summed E-state index contributed by atoms with van der Waals surface area (Å²) in [6, 6.07) is 27.4. The van der Waals surface area contributed by atoms with Gasteiger partial charge in [-0.1, -0.05) is 75.4 Å². The molecule has 0 spiro atoms. The number of fused-ring (bicyclic) bond motifs is 2. The van der Waals surface area contributed by atoms with E-state index in [4.69, 9.17) is 9.40 Å². The number of pyridine rings is 1. The lowest BCUT2D eigenvalue weighted by Gasteiger charge is -2.22. The molecule has 0 unspecified atom stereocenters. The third-order valence-corrected chi connectivity index (χ3v) is 5.44. The van der Waals surface area contributed by atoms with Crippen LogP contribution in [0.5, 0.6) is 0 Å². The topological polar surface area (TPSA) is 26.0 Å². The van der Waals surface area contributed by atoms with Crippen molar-refractivity contribution in [2.45, 2.75) is 26.2 Å². The van der Waals surface area contributed by atoms with Crippen LogP contribution < -0.4 is 0 Å². The van der Waals surface area contributed by atoms with Crippen molar-refractivity contribution in [3.8, 4) is 22.6 Å². The predicted molar refractivity (Wildman–Crippen MR) is 121 cm³/mol. The highest BCUT2D eigenvalue weighted by Gasteiger charge is 2.20. The van der Waals surface area contributed by atoms with E-state index in [1.165, 1.54) is 16.3 Å². The van der Waals surface area contributed by atoms with Gasteiger partial charge in [-0.2, -0.15) is 0 Å². The minimum absolute atomic E-state index is 0.0296. The number of furan rings is 1. The zero-order valence-corrected chi connectivity index (χ0v) is 16.9. The highest BCUT2D eigenvalue weighted by atomic mass is 16.3. The van der Waals surface area contributed by atoms with Gasteiger partial charge in [-0.05, 0) is 46.0 Å². The molecule has 0 saturated heterocycles. The van der Waals surface area contributed by atoms with Crippen molar-refractivity contribution in [2.24, 2.45) is 0 Å². The summed E-state index contributed by atoms with van der Waals surface area (Å²) in [6.45, 7) is 6.77. The molecule has 3 aromatic carbocycles. The summed E-state index contributed by atoms with van der Waals surface area (Å²) in [5, 5.41) is 3.59. The molecule has 142 valence electrons. The number of hydrogen-bond donors (Lipinski definition) is 0. The second-order valence-electron chi connectivity index (χ2n) is 8.55. The number of nitrogens with zero attached hydrogens (tertiary/aromatic N) is 1. The van der Waals surface area contributed by atoms with Crippen molar-refractivity contribution < 1.29 is 4.42 Å². The van der Waals surface area contributed by atoms with Crippen molar-refractivity contribution in [1.29, 1.82) is 0 Å². The monoisotopic (exact) mass is 377 g/mol. The van der Waals surface area contributed by atoms with Crippen LogP contribution in [0.2, 0.25) is 0 Å². The van der Waals surface area contributed by atoms with Crippen molar-refractivity contribution in [1.82, 2.24) is 4.98 Å². The van der Waals surface area contributed by atoms with Gasteiger partial charge in [-0.25, -0.2) is 0 Å². The Hall–Kier alpha value is -3.39. The van der Waals surface area contributed by atoms with Crippen LogP contribution in [0.1, 0.15) is 26.3 Å². The fourth-order valence-corrected chi connectivity index (χ4v) is 3.98. The van der Waals surface area contributed by atoms with E-state index in [1.807, 2.05) is 30.5 Å². The molecule has 2 heteroatoms. The van der Waals surface area contributed by atoms with Crippen LogP contribution in [0.4, 0.5) is 0 Å². The summed E-state index contributed by atoms with van der Waals surface area (Å²) < 4.78 is 6.31. The molecular formula is C27H23NO. The highest BCUT2D eigenvalue weighted by Crippen LogP contribution is 2.38. The van der Waals surface area contributed by atoms with E-state index in [1.54, 1.807) is 0 Å². The molecule has 0 amide bonds. The molecule has 0 saturated carbocycles. The maximum atomic E-state index is 6.31. The predicted octanol–water partition coefficient (Wildman–Crippen LogP) is 7.61. The van der Waals surface area contributed by atoms with Gasteiger partial charge in [0.15, 0.2) is 5.58 Å². The molecule has 0 radical (unpaired) electrons. The van der Waals surface area contributed by atoms with Crippen molar-refractivity contribution in [3.63, 3.8) is 0 Å². The first-order chi connectivity index (χ1) is 14.0. The van der Waals surface area contributed by atoms with Gasteiger partial charge in [0.2, 0.25) is 0 Å². The van der Waals surface area contributed by atoms with Crippen molar-refractivity contribution in [2.75, 3.05) is 0 Å². The van der Waals surface area contributed by atoms with E-state index < -0.39 is 0 Å². The second kappa shape index (κ2) is 6.59. The van der Waals surface area contributed by atoms with Crippen LogP contribution in [0, 0.1) is 0 Å². The lowest BCUT2D eigenvalue weighted by Crippen LogP contribution is -2.12. The molecule has 2 nitrogen and oxygen atoms in total. The number of rotatable bonds is 2. The Kier molecular flexibility index (Phi) is 4.02. The van der Waals surface area contributed by atoms with E-state index in [9.17, 15) is 0 Å². The normalized spacial score (nSPS) is 12.0. The Bertz CT molecular complexity index is 1320. The van der Waals surface area contributed by atoms with Gasteiger partial charge in [0.1, 0.15) is 11.5 Å². The molecule has 0 atom stereocenters. The third kappa shape index (κ3) is 3.11. The molecular weight excluding hydrogens is 354 g/mol. The van der Waals surface area contributed by atoms with Gasteiger partial charge in [0, 0.05) is 22.7 Å². The Morgan fingerprint density at radius 2 is 1.48 bits per heavy atom. The third-order valence-electron chi connectivity index (χ3n) is 5.44. The van der Waals surface area contributed by atoms with Crippen LogP contribution in [0.3, 0.4) is 0 Å². The summed E-state index contributed by atoms with van der Waals surface area (Å²) in [7, 11) is 0. The van der Waals surface area contributed by atoms with Crippen molar-refractivity contribution in [3.05, 3.63) is 90.6 Å². The van der Waals surface area contributed by atoms with Crippen molar-refractivity contribution >= 4 is 21.7 Å². The minimum atomic E-state index is 0.0296. The van der Waals surface area contributed by atoms with E-state index >= 15 is 0 Å². The van der Waals surface area contributed by atoms with E-state index in [0.717, 1.165) is 33.6 Å². The molecule has 0 fully saturated rings. The second-order valence-corrected chi connectivity index (χ2v) is 8.55. The largest absolute Gasteiger partial charge is 0.454 e. The average molecular weight is 377 g/mol. The molecule has 2 aromatic heterocycles. The quantitative estimate of drug-likeness (QED) is 0.316. The lowest BCUT2D eigenvalue weighted by atomic mass is 9.82. The lowest BCUT2D eigenvalue weighted by molar-refractivity contribution is 0.596. The van der Waals surface area contributed by atoms with Crippen LogP contribution in [-0.2, 0) is 5.41 Å². The summed E-state index contributed by atoms with van der Waals surface area (Å²) in [5.41, 5.74) is 5.24. The summed E-state index contributed by atoms with van der Waals surface area (Å²) in [5.74, 6) is 0.867. The Balaban J connectivity index is 1.76. The maximum Gasteiger partial charge on any atom is 0.161 e. The van der Waals surface area contributed by atoms with Gasteiger partial charge >= 0.3 is 0 Å². The van der Waals surface area contributed by atoms with E-state index in [0.29, 0.717) is 0 Å². The zero-order chi connectivity index (χ0) is 20.0. The fourth-order valence-electron chi connectivity index (χ4n) is 3.98. The number of hydrogen-bond acceptors (Lipinski definition) is 2. The first-order valence-electron chi connectivity index (χ1n) is 9.98. The standard InChI is InChI=1S/C27H23NO/c1-27(2,3)23-16-21(15-19-11-7-8-12-22(19)23)25-26-20(13-14-28-25)17-24(29-26)18-9-5-4-6-10-18/h4-17H,1-3H3. The Morgan fingerprint density at radius 3 is 2.28 bits per heavy atom. The average Bonchev–Trinajstić information content (AvgIpc) is 3.17. The molecule has 5 aromatic rings. The zero-order valence-electron chi connectivity index (χ0n) is 16.9. The van der Waals surface area contributed by atoms with Crippen LogP contribution >= 0.6 is 0 Å². The number of aromatic nitrogens is 1. The molecule has 0 aliphatic carbocycles. The first-order valence-corrected chi connectivity index (χ1v) is 9.98. The first kappa shape index (κ1) is 17.7. The van der Waals surface area contributed by atoms with Gasteiger partial charge in [-0.3, -0.25) is 4.98 Å². The van der Waals surface area contributed by atoms with Gasteiger partial charge in [0.05, 0.1) is 0 Å². The SMILES string of the molecule is CC(C)(C)c1cc(-c2nccc3cc(-c4ccccc4)oc23)cc2ccccc12. The molecule has 0 N–H and O–H groups in total. The molecule has 0 aliphatic rings. The van der Waals surface area contributed by atoms with Gasteiger partial charge in [-0.15, -0.1) is 0 Å². The number of benzene rings is 3.